The standard InChI is InChI=1S/C16H24N2O2/c1-16(7-9-17-10-8-16)15(20)18-14(12-19)11-13-5-3-2-4-6-13/h2-6,14,17,19H,7-12H2,1H3,(H,18,20). The Kier molecular flexibility index (Phi) is 5.15. The average molecular weight is 276 g/mol. The second-order valence-corrected chi connectivity index (χ2v) is 5.85. The van der Waals surface area contributed by atoms with E-state index in [1.807, 2.05) is 37.3 Å². The van der Waals surface area contributed by atoms with Gasteiger partial charge in [-0.2, -0.15) is 0 Å². The third kappa shape index (κ3) is 3.81. The molecule has 0 radical (unpaired) electrons. The van der Waals surface area contributed by atoms with E-state index in [9.17, 15) is 9.90 Å². The highest BCUT2D eigenvalue weighted by Gasteiger charge is 2.35. The lowest BCUT2D eigenvalue weighted by molar-refractivity contribution is -0.132. The first kappa shape index (κ1) is 15.0. The van der Waals surface area contributed by atoms with Crippen molar-refractivity contribution in [2.45, 2.75) is 32.2 Å². The number of benzene rings is 1. The van der Waals surface area contributed by atoms with Gasteiger partial charge >= 0.3 is 0 Å². The molecule has 1 unspecified atom stereocenters. The van der Waals surface area contributed by atoms with Crippen molar-refractivity contribution in [3.8, 4) is 0 Å². The van der Waals surface area contributed by atoms with Crippen LogP contribution < -0.4 is 10.6 Å². The normalized spacial score (nSPS) is 19.3. The Hall–Kier alpha value is -1.39. The van der Waals surface area contributed by atoms with Crippen molar-refractivity contribution in [1.29, 1.82) is 0 Å². The van der Waals surface area contributed by atoms with Crippen LogP contribution in [0.5, 0.6) is 0 Å². The van der Waals surface area contributed by atoms with E-state index in [0.29, 0.717) is 6.42 Å². The van der Waals surface area contributed by atoms with Gasteiger partial charge in [-0.25, -0.2) is 0 Å². The summed E-state index contributed by atoms with van der Waals surface area (Å²) in [5, 5.41) is 15.8. The molecule has 4 nitrogen and oxygen atoms in total. The van der Waals surface area contributed by atoms with Crippen molar-refractivity contribution in [1.82, 2.24) is 10.6 Å². The number of rotatable bonds is 5. The Balaban J connectivity index is 1.94. The van der Waals surface area contributed by atoms with Gasteiger partial charge in [0.15, 0.2) is 0 Å². The molecule has 0 aromatic heterocycles. The quantitative estimate of drug-likeness (QED) is 0.754. The number of carbonyl (C=O) groups excluding carboxylic acids is 1. The Morgan fingerprint density at radius 2 is 2.00 bits per heavy atom. The van der Waals surface area contributed by atoms with Crippen LogP contribution in [0, 0.1) is 5.41 Å². The molecule has 0 bridgehead atoms. The molecular formula is C16H24N2O2. The summed E-state index contributed by atoms with van der Waals surface area (Å²) < 4.78 is 0. The number of aliphatic hydroxyl groups is 1. The first-order valence-corrected chi connectivity index (χ1v) is 7.30. The summed E-state index contributed by atoms with van der Waals surface area (Å²) >= 11 is 0. The largest absolute Gasteiger partial charge is 0.394 e. The van der Waals surface area contributed by atoms with Crippen molar-refractivity contribution < 1.29 is 9.90 Å². The van der Waals surface area contributed by atoms with Crippen LogP contribution in [0.15, 0.2) is 30.3 Å². The highest BCUT2D eigenvalue weighted by atomic mass is 16.3. The van der Waals surface area contributed by atoms with Gasteiger partial charge in [-0.05, 0) is 37.9 Å². The highest BCUT2D eigenvalue weighted by Crippen LogP contribution is 2.28. The van der Waals surface area contributed by atoms with Crippen LogP contribution in [-0.4, -0.2) is 36.8 Å². The fraction of sp³-hybridized carbons (Fsp3) is 0.562. The fourth-order valence-electron chi connectivity index (χ4n) is 2.63. The molecule has 0 aliphatic carbocycles. The number of carbonyl (C=O) groups is 1. The van der Waals surface area contributed by atoms with Crippen LogP contribution in [-0.2, 0) is 11.2 Å². The minimum Gasteiger partial charge on any atom is -0.394 e. The van der Waals surface area contributed by atoms with E-state index in [-0.39, 0.29) is 24.0 Å². The van der Waals surface area contributed by atoms with Crippen molar-refractivity contribution in [3.63, 3.8) is 0 Å². The number of nitrogens with one attached hydrogen (secondary N) is 2. The van der Waals surface area contributed by atoms with Crippen molar-refractivity contribution in [3.05, 3.63) is 35.9 Å². The molecule has 2 rings (SSSR count). The maximum Gasteiger partial charge on any atom is 0.226 e. The molecule has 3 N–H and O–H groups in total. The highest BCUT2D eigenvalue weighted by molar-refractivity contribution is 5.82. The van der Waals surface area contributed by atoms with Gasteiger partial charge in [0.2, 0.25) is 5.91 Å². The monoisotopic (exact) mass is 276 g/mol. The molecule has 1 aromatic carbocycles. The summed E-state index contributed by atoms with van der Waals surface area (Å²) in [7, 11) is 0. The molecule has 1 aliphatic heterocycles. The van der Waals surface area contributed by atoms with E-state index in [0.717, 1.165) is 31.5 Å². The Labute approximate surface area is 120 Å². The number of amides is 1. The van der Waals surface area contributed by atoms with Gasteiger partial charge < -0.3 is 15.7 Å². The molecule has 1 saturated heterocycles. The van der Waals surface area contributed by atoms with Gasteiger partial charge in [0.05, 0.1) is 12.6 Å². The molecule has 1 aromatic rings. The first-order chi connectivity index (χ1) is 9.64. The zero-order valence-electron chi connectivity index (χ0n) is 12.1. The Bertz CT molecular complexity index is 427. The zero-order valence-corrected chi connectivity index (χ0v) is 12.1. The fourth-order valence-corrected chi connectivity index (χ4v) is 2.63. The molecule has 1 heterocycles. The van der Waals surface area contributed by atoms with Crippen molar-refractivity contribution in [2.24, 2.45) is 5.41 Å². The van der Waals surface area contributed by atoms with Gasteiger partial charge in [-0.3, -0.25) is 4.79 Å². The predicted octanol–water partition coefficient (Wildman–Crippen LogP) is 1.10. The van der Waals surface area contributed by atoms with E-state index < -0.39 is 0 Å². The summed E-state index contributed by atoms with van der Waals surface area (Å²) in [6.45, 7) is 3.74. The molecule has 110 valence electrons. The lowest BCUT2D eigenvalue weighted by atomic mass is 9.80. The summed E-state index contributed by atoms with van der Waals surface area (Å²) in [6, 6.07) is 9.73. The summed E-state index contributed by atoms with van der Waals surface area (Å²) in [4.78, 5) is 12.4. The molecular weight excluding hydrogens is 252 g/mol. The predicted molar refractivity (Wildman–Crippen MR) is 79.4 cm³/mol. The SMILES string of the molecule is CC1(C(=O)NC(CO)Cc2ccccc2)CCNCC1. The average Bonchev–Trinajstić information content (AvgIpc) is 2.48. The van der Waals surface area contributed by atoms with Crippen LogP contribution in [0.25, 0.3) is 0 Å². The van der Waals surface area contributed by atoms with Crippen molar-refractivity contribution >= 4 is 5.91 Å². The van der Waals surface area contributed by atoms with Crippen LogP contribution >= 0.6 is 0 Å². The second-order valence-electron chi connectivity index (χ2n) is 5.85. The second kappa shape index (κ2) is 6.86. The van der Waals surface area contributed by atoms with Crippen LogP contribution in [0.3, 0.4) is 0 Å². The third-order valence-corrected chi connectivity index (χ3v) is 4.14. The molecule has 1 fully saturated rings. The van der Waals surface area contributed by atoms with Gasteiger partial charge in [0.1, 0.15) is 0 Å². The minimum absolute atomic E-state index is 0.0328. The lowest BCUT2D eigenvalue weighted by Gasteiger charge is -2.34. The molecule has 4 heteroatoms. The van der Waals surface area contributed by atoms with Gasteiger partial charge in [0.25, 0.3) is 0 Å². The van der Waals surface area contributed by atoms with E-state index >= 15 is 0 Å². The maximum atomic E-state index is 12.4. The van der Waals surface area contributed by atoms with E-state index in [4.69, 9.17) is 0 Å². The van der Waals surface area contributed by atoms with Gasteiger partial charge in [-0.1, -0.05) is 37.3 Å². The number of piperidine rings is 1. The zero-order chi connectivity index (χ0) is 14.4. The molecule has 1 aliphatic rings. The maximum absolute atomic E-state index is 12.4. The van der Waals surface area contributed by atoms with E-state index in [1.54, 1.807) is 0 Å². The Morgan fingerprint density at radius 1 is 1.35 bits per heavy atom. The molecule has 20 heavy (non-hydrogen) atoms. The summed E-state index contributed by atoms with van der Waals surface area (Å²) in [5.74, 6) is 0.0639. The third-order valence-electron chi connectivity index (χ3n) is 4.14. The topological polar surface area (TPSA) is 61.4 Å². The summed E-state index contributed by atoms with van der Waals surface area (Å²) in [5.41, 5.74) is 0.817. The lowest BCUT2D eigenvalue weighted by Crippen LogP contribution is -2.50. The summed E-state index contributed by atoms with van der Waals surface area (Å²) in [6.07, 6.45) is 2.36. The van der Waals surface area contributed by atoms with E-state index in [1.165, 1.54) is 0 Å². The van der Waals surface area contributed by atoms with Crippen LogP contribution in [0.2, 0.25) is 0 Å². The molecule has 1 atom stereocenters. The van der Waals surface area contributed by atoms with Crippen molar-refractivity contribution in [2.75, 3.05) is 19.7 Å². The first-order valence-electron chi connectivity index (χ1n) is 7.30. The molecule has 1 amide bonds. The number of aliphatic hydroxyl groups excluding tert-OH is 1. The van der Waals surface area contributed by atoms with Gasteiger partial charge in [-0.15, -0.1) is 0 Å². The molecule has 0 saturated carbocycles. The number of hydrogen-bond acceptors (Lipinski definition) is 3. The molecule has 0 spiro atoms. The number of hydrogen-bond donors (Lipinski definition) is 3. The minimum atomic E-state index is -0.310. The van der Waals surface area contributed by atoms with E-state index in [2.05, 4.69) is 10.6 Å². The van der Waals surface area contributed by atoms with Crippen LogP contribution in [0.4, 0.5) is 0 Å². The van der Waals surface area contributed by atoms with Gasteiger partial charge in [0, 0.05) is 5.41 Å². The van der Waals surface area contributed by atoms with Crippen LogP contribution in [0.1, 0.15) is 25.3 Å². The smallest absolute Gasteiger partial charge is 0.226 e. The Morgan fingerprint density at radius 3 is 2.60 bits per heavy atom.